The minimum absolute atomic E-state index is 0.579. The third kappa shape index (κ3) is 1.96. The van der Waals surface area contributed by atoms with Gasteiger partial charge in [0.25, 0.3) is 0 Å². The fourth-order valence-electron chi connectivity index (χ4n) is 2.32. The molecule has 0 fully saturated rings. The zero-order valence-electron chi connectivity index (χ0n) is 10.9. The Kier molecular flexibility index (Phi) is 3.60. The fourth-order valence-corrected chi connectivity index (χ4v) is 2.32. The number of rotatable bonds is 4. The highest BCUT2D eigenvalue weighted by molar-refractivity contribution is 5.61. The van der Waals surface area contributed by atoms with Crippen LogP contribution in [0.3, 0.4) is 0 Å². The summed E-state index contributed by atoms with van der Waals surface area (Å²) in [6, 6.07) is 1.91. The van der Waals surface area contributed by atoms with Gasteiger partial charge in [-0.15, -0.1) is 0 Å². The number of fused-ring (bicyclic) bond motifs is 1. The average molecular weight is 251 g/mol. The number of hydrogen-bond acceptors (Lipinski definition) is 4. The van der Waals surface area contributed by atoms with Crippen molar-refractivity contribution in [2.24, 2.45) is 0 Å². The third-order valence-electron chi connectivity index (χ3n) is 3.20. The molecule has 0 saturated carbocycles. The first-order valence-corrected chi connectivity index (χ1v) is 5.75. The lowest BCUT2D eigenvalue weighted by atomic mass is 9.97. The van der Waals surface area contributed by atoms with E-state index in [1.54, 1.807) is 26.2 Å². The molecule has 1 aromatic rings. The van der Waals surface area contributed by atoms with E-state index in [0.29, 0.717) is 30.3 Å². The molecule has 0 N–H and O–H groups in total. The number of benzene rings is 1. The van der Waals surface area contributed by atoms with Gasteiger partial charge in [-0.1, -0.05) is 0 Å². The first-order valence-electron chi connectivity index (χ1n) is 5.75. The Morgan fingerprint density at radius 2 is 1.89 bits per heavy atom. The van der Waals surface area contributed by atoms with Crippen LogP contribution in [0.4, 0.5) is 0 Å². The van der Waals surface area contributed by atoms with Crippen molar-refractivity contribution in [2.45, 2.75) is 13.0 Å². The minimum atomic E-state index is 0.579. The molecular formula is C13H17NO4. The van der Waals surface area contributed by atoms with Crippen LogP contribution in [-0.2, 0) is 17.8 Å². The van der Waals surface area contributed by atoms with Crippen molar-refractivity contribution < 1.29 is 19.0 Å². The van der Waals surface area contributed by atoms with Crippen LogP contribution in [0, 0.1) is 0 Å². The summed E-state index contributed by atoms with van der Waals surface area (Å²) in [6.45, 7) is 1.28. The van der Waals surface area contributed by atoms with E-state index in [1.807, 2.05) is 6.07 Å². The minimum Gasteiger partial charge on any atom is -0.493 e. The Hall–Kier alpha value is -1.91. The summed E-state index contributed by atoms with van der Waals surface area (Å²) in [5.74, 6) is 1.94. The third-order valence-corrected chi connectivity index (χ3v) is 3.20. The van der Waals surface area contributed by atoms with Crippen LogP contribution in [0.25, 0.3) is 0 Å². The molecule has 1 heterocycles. The normalized spacial score (nSPS) is 13.8. The molecule has 0 unspecified atom stereocenters. The Labute approximate surface area is 106 Å². The van der Waals surface area contributed by atoms with Crippen molar-refractivity contribution in [3.63, 3.8) is 0 Å². The predicted molar refractivity (Wildman–Crippen MR) is 66.3 cm³/mol. The maximum Gasteiger partial charge on any atom is 0.210 e. The van der Waals surface area contributed by atoms with Gasteiger partial charge in [0.2, 0.25) is 12.2 Å². The van der Waals surface area contributed by atoms with Crippen molar-refractivity contribution in [3.05, 3.63) is 17.2 Å². The smallest absolute Gasteiger partial charge is 0.210 e. The van der Waals surface area contributed by atoms with Crippen LogP contribution >= 0.6 is 0 Å². The Balaban J connectivity index is 2.54. The number of nitrogens with zero attached hydrogens (tertiary/aromatic N) is 1. The van der Waals surface area contributed by atoms with Crippen molar-refractivity contribution in [2.75, 3.05) is 27.9 Å². The van der Waals surface area contributed by atoms with Gasteiger partial charge in [-0.2, -0.15) is 0 Å². The van der Waals surface area contributed by atoms with Crippen molar-refractivity contribution in [1.29, 1.82) is 0 Å². The summed E-state index contributed by atoms with van der Waals surface area (Å²) in [5, 5.41) is 0. The maximum atomic E-state index is 10.8. The van der Waals surface area contributed by atoms with Gasteiger partial charge in [0.05, 0.1) is 21.3 Å². The zero-order valence-corrected chi connectivity index (χ0v) is 10.9. The van der Waals surface area contributed by atoms with Crippen LogP contribution in [0.15, 0.2) is 6.07 Å². The maximum absolute atomic E-state index is 10.8. The predicted octanol–water partition coefficient (Wildman–Crippen LogP) is 1.23. The summed E-state index contributed by atoms with van der Waals surface area (Å²) in [4.78, 5) is 12.6. The van der Waals surface area contributed by atoms with Crippen molar-refractivity contribution in [1.82, 2.24) is 4.90 Å². The lowest BCUT2D eigenvalue weighted by molar-refractivity contribution is -0.118. The van der Waals surface area contributed by atoms with E-state index in [9.17, 15) is 4.79 Å². The molecule has 98 valence electrons. The highest BCUT2D eigenvalue weighted by Gasteiger charge is 2.24. The van der Waals surface area contributed by atoms with E-state index in [1.165, 1.54) is 0 Å². The second-order valence-corrected chi connectivity index (χ2v) is 4.11. The SMILES string of the molecule is COc1cc2c(c(OC)c1OC)CCN(C=O)C2. The Morgan fingerprint density at radius 1 is 1.17 bits per heavy atom. The second-order valence-electron chi connectivity index (χ2n) is 4.11. The topological polar surface area (TPSA) is 48.0 Å². The van der Waals surface area contributed by atoms with E-state index in [2.05, 4.69) is 0 Å². The molecule has 0 aromatic heterocycles. The van der Waals surface area contributed by atoms with Gasteiger partial charge >= 0.3 is 0 Å². The summed E-state index contributed by atoms with van der Waals surface area (Å²) < 4.78 is 16.1. The van der Waals surface area contributed by atoms with E-state index in [0.717, 1.165) is 24.0 Å². The van der Waals surface area contributed by atoms with Crippen LogP contribution in [0.5, 0.6) is 17.2 Å². The molecule has 0 bridgehead atoms. The molecule has 5 nitrogen and oxygen atoms in total. The van der Waals surface area contributed by atoms with Gasteiger partial charge in [-0.3, -0.25) is 4.79 Å². The lowest BCUT2D eigenvalue weighted by Crippen LogP contribution is -2.29. The van der Waals surface area contributed by atoms with E-state index >= 15 is 0 Å². The number of carbonyl (C=O) groups is 1. The molecule has 1 amide bonds. The molecular weight excluding hydrogens is 234 g/mol. The van der Waals surface area contributed by atoms with E-state index in [4.69, 9.17) is 14.2 Å². The standard InChI is InChI=1S/C13H17NO4/c1-16-11-6-9-7-14(8-15)5-4-10(9)12(17-2)13(11)18-3/h6,8H,4-5,7H2,1-3H3. The molecule has 2 rings (SSSR count). The molecule has 0 spiro atoms. The molecule has 0 aliphatic carbocycles. The monoisotopic (exact) mass is 251 g/mol. The Morgan fingerprint density at radius 3 is 2.44 bits per heavy atom. The summed E-state index contributed by atoms with van der Waals surface area (Å²) in [5.41, 5.74) is 2.14. The number of methoxy groups -OCH3 is 3. The molecule has 0 atom stereocenters. The number of ether oxygens (including phenoxy) is 3. The molecule has 5 heteroatoms. The summed E-state index contributed by atoms with van der Waals surface area (Å²) >= 11 is 0. The highest BCUT2D eigenvalue weighted by Crippen LogP contribution is 2.43. The van der Waals surface area contributed by atoms with E-state index < -0.39 is 0 Å². The summed E-state index contributed by atoms with van der Waals surface area (Å²) in [6.07, 6.45) is 1.63. The molecule has 0 radical (unpaired) electrons. The van der Waals surface area contributed by atoms with Crippen LogP contribution < -0.4 is 14.2 Å². The van der Waals surface area contributed by atoms with Crippen LogP contribution in [0.2, 0.25) is 0 Å². The molecule has 0 saturated heterocycles. The number of amides is 1. The van der Waals surface area contributed by atoms with Crippen LogP contribution in [0.1, 0.15) is 11.1 Å². The van der Waals surface area contributed by atoms with Gasteiger partial charge in [-0.25, -0.2) is 0 Å². The molecule has 1 aliphatic heterocycles. The number of carbonyl (C=O) groups excluding carboxylic acids is 1. The average Bonchev–Trinajstić information content (AvgIpc) is 2.44. The lowest BCUT2D eigenvalue weighted by Gasteiger charge is -2.28. The second kappa shape index (κ2) is 5.16. The highest BCUT2D eigenvalue weighted by atomic mass is 16.5. The van der Waals surface area contributed by atoms with E-state index in [-0.39, 0.29) is 0 Å². The van der Waals surface area contributed by atoms with Gasteiger partial charge in [0.15, 0.2) is 11.5 Å². The zero-order chi connectivity index (χ0) is 13.1. The molecule has 1 aromatic carbocycles. The van der Waals surface area contributed by atoms with Crippen LogP contribution in [-0.4, -0.2) is 39.2 Å². The van der Waals surface area contributed by atoms with Crippen molar-refractivity contribution >= 4 is 6.41 Å². The van der Waals surface area contributed by atoms with Gasteiger partial charge in [0.1, 0.15) is 0 Å². The van der Waals surface area contributed by atoms with Crippen molar-refractivity contribution in [3.8, 4) is 17.2 Å². The largest absolute Gasteiger partial charge is 0.493 e. The molecule has 18 heavy (non-hydrogen) atoms. The Bertz CT molecular complexity index is 459. The van der Waals surface area contributed by atoms with Gasteiger partial charge < -0.3 is 19.1 Å². The first kappa shape index (κ1) is 12.5. The quantitative estimate of drug-likeness (QED) is 0.755. The summed E-state index contributed by atoms with van der Waals surface area (Å²) in [7, 11) is 4.79. The molecule has 1 aliphatic rings. The number of hydrogen-bond donors (Lipinski definition) is 0. The fraction of sp³-hybridized carbons (Fsp3) is 0.462. The first-order chi connectivity index (χ1) is 8.74. The van der Waals surface area contributed by atoms with Gasteiger partial charge in [0, 0.05) is 18.7 Å². The van der Waals surface area contributed by atoms with Gasteiger partial charge in [-0.05, 0) is 18.1 Å².